The predicted octanol–water partition coefficient (Wildman–Crippen LogP) is 6.53. The van der Waals surface area contributed by atoms with E-state index in [-0.39, 0.29) is 23.0 Å². The SMILES string of the molecule is CCn1nc(C(=O)NCC2CCC(C)CC2)c(Cl)c1-c1ccc(C[C@H](C)C(F)(F)F)cc1OC. The summed E-state index contributed by atoms with van der Waals surface area (Å²) in [5.74, 6) is -0.227. The van der Waals surface area contributed by atoms with Gasteiger partial charge in [-0.05, 0) is 55.7 Å². The summed E-state index contributed by atoms with van der Waals surface area (Å²) in [5.41, 5.74) is 1.72. The number of rotatable bonds is 8. The first-order chi connectivity index (χ1) is 16.0. The van der Waals surface area contributed by atoms with E-state index in [1.807, 2.05) is 6.92 Å². The van der Waals surface area contributed by atoms with Crippen LogP contribution in [-0.4, -0.2) is 35.5 Å². The average Bonchev–Trinajstić information content (AvgIpc) is 3.13. The fourth-order valence-electron chi connectivity index (χ4n) is 4.45. The van der Waals surface area contributed by atoms with Gasteiger partial charge in [0.1, 0.15) is 5.75 Å². The largest absolute Gasteiger partial charge is 0.496 e. The van der Waals surface area contributed by atoms with E-state index in [4.69, 9.17) is 16.3 Å². The Balaban J connectivity index is 1.83. The van der Waals surface area contributed by atoms with E-state index in [0.29, 0.717) is 41.6 Å². The summed E-state index contributed by atoms with van der Waals surface area (Å²) in [7, 11) is 1.45. The number of hydrogen-bond acceptors (Lipinski definition) is 3. The molecule has 0 unspecified atom stereocenters. The Labute approximate surface area is 204 Å². The number of aryl methyl sites for hydroxylation is 1. The van der Waals surface area contributed by atoms with E-state index in [1.54, 1.807) is 22.9 Å². The number of aromatic nitrogens is 2. The van der Waals surface area contributed by atoms with Gasteiger partial charge in [-0.25, -0.2) is 0 Å². The molecule has 1 aliphatic rings. The number of nitrogens with one attached hydrogen (secondary N) is 1. The minimum atomic E-state index is -4.27. The monoisotopic (exact) mass is 499 g/mol. The molecule has 0 saturated heterocycles. The van der Waals surface area contributed by atoms with Gasteiger partial charge in [0, 0.05) is 18.7 Å². The average molecular weight is 500 g/mol. The standard InChI is InChI=1S/C25H33ClF3N3O2/c1-5-32-23(19-11-10-18(13-20(19)34-4)12-16(3)25(27,28)29)21(26)22(31-32)24(33)30-14-17-8-6-15(2)7-9-17/h10-11,13,15-17H,5-9,12,14H2,1-4H3,(H,30,33)/t15?,16-,17?/m0/s1. The second-order valence-corrected chi connectivity index (χ2v) is 9.72. The van der Waals surface area contributed by atoms with Crippen molar-refractivity contribution in [1.82, 2.24) is 15.1 Å². The highest BCUT2D eigenvalue weighted by Gasteiger charge is 2.36. The van der Waals surface area contributed by atoms with E-state index in [9.17, 15) is 18.0 Å². The normalized spacial score (nSPS) is 19.6. The van der Waals surface area contributed by atoms with Crippen LogP contribution in [0.3, 0.4) is 0 Å². The highest BCUT2D eigenvalue weighted by Crippen LogP contribution is 2.38. The molecule has 5 nitrogen and oxygen atoms in total. The fraction of sp³-hybridized carbons (Fsp3) is 0.600. The number of nitrogens with zero attached hydrogens (tertiary/aromatic N) is 2. The summed E-state index contributed by atoms with van der Waals surface area (Å²) >= 11 is 6.64. The molecule has 3 rings (SSSR count). The first-order valence-electron chi connectivity index (χ1n) is 11.8. The van der Waals surface area contributed by atoms with Crippen molar-refractivity contribution in [3.05, 3.63) is 34.5 Å². The molecular weight excluding hydrogens is 467 g/mol. The molecule has 9 heteroatoms. The molecular formula is C25H33ClF3N3O2. The van der Waals surface area contributed by atoms with E-state index >= 15 is 0 Å². The van der Waals surface area contributed by atoms with Gasteiger partial charge >= 0.3 is 6.18 Å². The van der Waals surface area contributed by atoms with E-state index < -0.39 is 12.1 Å². The number of halogens is 4. The first-order valence-corrected chi connectivity index (χ1v) is 12.2. The summed E-state index contributed by atoms with van der Waals surface area (Å²) in [6.07, 6.45) is 0.115. The van der Waals surface area contributed by atoms with E-state index in [2.05, 4.69) is 17.3 Å². The molecule has 0 bridgehead atoms. The Morgan fingerprint density at radius 2 is 1.97 bits per heavy atom. The number of carbonyl (C=O) groups excluding carboxylic acids is 1. The molecule has 0 aliphatic heterocycles. The minimum Gasteiger partial charge on any atom is -0.496 e. The molecule has 0 radical (unpaired) electrons. The van der Waals surface area contributed by atoms with Crippen molar-refractivity contribution in [2.75, 3.05) is 13.7 Å². The predicted molar refractivity (Wildman–Crippen MR) is 127 cm³/mol. The highest BCUT2D eigenvalue weighted by atomic mass is 35.5. The van der Waals surface area contributed by atoms with Crippen LogP contribution in [-0.2, 0) is 13.0 Å². The maximum absolute atomic E-state index is 13.0. The minimum absolute atomic E-state index is 0.138. The van der Waals surface area contributed by atoms with Crippen molar-refractivity contribution in [2.45, 2.75) is 65.6 Å². The van der Waals surface area contributed by atoms with Crippen LogP contribution >= 0.6 is 11.6 Å². The quantitative estimate of drug-likeness (QED) is 0.449. The van der Waals surface area contributed by atoms with Gasteiger partial charge in [-0.2, -0.15) is 18.3 Å². The lowest BCUT2D eigenvalue weighted by Gasteiger charge is -2.26. The Bertz CT molecular complexity index is 998. The van der Waals surface area contributed by atoms with Crippen molar-refractivity contribution >= 4 is 17.5 Å². The lowest BCUT2D eigenvalue weighted by atomic mass is 9.83. The molecule has 188 valence electrons. The van der Waals surface area contributed by atoms with Crippen molar-refractivity contribution in [3.8, 4) is 17.0 Å². The van der Waals surface area contributed by atoms with Crippen LogP contribution in [0.5, 0.6) is 5.75 Å². The molecule has 1 aromatic carbocycles. The number of benzene rings is 1. The number of alkyl halides is 3. The lowest BCUT2D eigenvalue weighted by molar-refractivity contribution is -0.169. The fourth-order valence-corrected chi connectivity index (χ4v) is 4.78. The van der Waals surface area contributed by atoms with Gasteiger partial charge in [-0.1, -0.05) is 44.4 Å². The molecule has 1 fully saturated rings. The number of hydrogen-bond donors (Lipinski definition) is 1. The third-order valence-electron chi connectivity index (χ3n) is 6.72. The second kappa shape index (κ2) is 11.0. The van der Waals surface area contributed by atoms with Crippen LogP contribution < -0.4 is 10.1 Å². The van der Waals surface area contributed by atoms with Gasteiger partial charge in [0.2, 0.25) is 0 Å². The summed E-state index contributed by atoms with van der Waals surface area (Å²) in [4.78, 5) is 12.9. The van der Waals surface area contributed by atoms with Crippen LogP contribution in [0, 0.1) is 17.8 Å². The highest BCUT2D eigenvalue weighted by molar-refractivity contribution is 6.36. The van der Waals surface area contributed by atoms with Gasteiger partial charge in [0.05, 0.1) is 23.7 Å². The molecule has 2 aromatic rings. The van der Waals surface area contributed by atoms with Crippen LogP contribution in [0.1, 0.15) is 62.5 Å². The van der Waals surface area contributed by atoms with Crippen LogP contribution in [0.2, 0.25) is 5.02 Å². The van der Waals surface area contributed by atoms with Crippen molar-refractivity contribution in [1.29, 1.82) is 0 Å². The zero-order chi connectivity index (χ0) is 25.0. The smallest absolute Gasteiger partial charge is 0.391 e. The maximum Gasteiger partial charge on any atom is 0.391 e. The number of carbonyl (C=O) groups is 1. The van der Waals surface area contributed by atoms with Crippen LogP contribution in [0.4, 0.5) is 13.2 Å². The van der Waals surface area contributed by atoms with Gasteiger partial charge in [0.25, 0.3) is 5.91 Å². The third-order valence-corrected chi connectivity index (χ3v) is 7.08. The van der Waals surface area contributed by atoms with Crippen molar-refractivity contribution in [3.63, 3.8) is 0 Å². The van der Waals surface area contributed by atoms with Crippen molar-refractivity contribution < 1.29 is 22.7 Å². The lowest BCUT2D eigenvalue weighted by Crippen LogP contribution is -2.31. The van der Waals surface area contributed by atoms with Crippen LogP contribution in [0.15, 0.2) is 18.2 Å². The topological polar surface area (TPSA) is 56.2 Å². The molecule has 1 saturated carbocycles. The maximum atomic E-state index is 13.0. The van der Waals surface area contributed by atoms with Gasteiger partial charge < -0.3 is 10.1 Å². The Morgan fingerprint density at radius 3 is 2.56 bits per heavy atom. The zero-order valence-corrected chi connectivity index (χ0v) is 20.9. The van der Waals surface area contributed by atoms with Gasteiger partial charge in [-0.3, -0.25) is 9.48 Å². The van der Waals surface area contributed by atoms with E-state index in [1.165, 1.54) is 20.0 Å². The Hall–Kier alpha value is -2.22. The molecule has 1 amide bonds. The molecule has 1 atom stereocenters. The zero-order valence-electron chi connectivity index (χ0n) is 20.1. The summed E-state index contributed by atoms with van der Waals surface area (Å²) < 4.78 is 46.1. The molecule has 0 spiro atoms. The molecule has 1 heterocycles. The van der Waals surface area contributed by atoms with Crippen LogP contribution in [0.25, 0.3) is 11.3 Å². The second-order valence-electron chi connectivity index (χ2n) is 9.34. The number of ether oxygens (including phenoxy) is 1. The first kappa shape index (κ1) is 26.4. The summed E-state index contributed by atoms with van der Waals surface area (Å²) in [6, 6.07) is 4.90. The molecule has 34 heavy (non-hydrogen) atoms. The molecule has 1 aromatic heterocycles. The van der Waals surface area contributed by atoms with E-state index in [0.717, 1.165) is 25.7 Å². The number of methoxy groups -OCH3 is 1. The van der Waals surface area contributed by atoms with Gasteiger partial charge in [0.15, 0.2) is 5.69 Å². The summed E-state index contributed by atoms with van der Waals surface area (Å²) in [6.45, 7) is 6.33. The van der Waals surface area contributed by atoms with Crippen molar-refractivity contribution in [2.24, 2.45) is 17.8 Å². The Morgan fingerprint density at radius 1 is 1.29 bits per heavy atom. The molecule has 1 N–H and O–H groups in total. The Kier molecular flexibility index (Phi) is 8.55. The number of amides is 1. The van der Waals surface area contributed by atoms with Gasteiger partial charge in [-0.15, -0.1) is 0 Å². The molecule has 1 aliphatic carbocycles. The summed E-state index contributed by atoms with van der Waals surface area (Å²) in [5, 5.41) is 7.60. The third kappa shape index (κ3) is 6.06.